The predicted octanol–water partition coefficient (Wildman–Crippen LogP) is 3.91. The molecule has 1 heterocycles. The molecule has 2 rings (SSSR count). The van der Waals surface area contributed by atoms with Crippen molar-refractivity contribution in [2.75, 3.05) is 6.54 Å². The van der Waals surface area contributed by atoms with Crippen LogP contribution < -0.4 is 5.32 Å². The van der Waals surface area contributed by atoms with Crippen LogP contribution in [0.5, 0.6) is 0 Å². The minimum absolute atomic E-state index is 0.107. The maximum absolute atomic E-state index is 10.5. The van der Waals surface area contributed by atoms with Crippen LogP contribution in [0.1, 0.15) is 37.9 Å². The Labute approximate surface area is 122 Å². The molecule has 18 heavy (non-hydrogen) atoms. The highest BCUT2D eigenvalue weighted by Crippen LogP contribution is 2.32. The molecule has 0 radical (unpaired) electrons. The third-order valence-corrected chi connectivity index (χ3v) is 4.62. The van der Waals surface area contributed by atoms with Gasteiger partial charge in [-0.15, -0.1) is 0 Å². The molecule has 4 heteroatoms. The van der Waals surface area contributed by atoms with Crippen LogP contribution in [-0.4, -0.2) is 17.7 Å². The zero-order valence-electron chi connectivity index (χ0n) is 10.5. The molecule has 0 saturated carbocycles. The van der Waals surface area contributed by atoms with Gasteiger partial charge in [0.15, 0.2) is 0 Å². The van der Waals surface area contributed by atoms with Gasteiger partial charge in [0.25, 0.3) is 0 Å². The van der Waals surface area contributed by atoms with E-state index in [1.54, 1.807) is 0 Å². The summed E-state index contributed by atoms with van der Waals surface area (Å²) < 4.78 is 0.948. The Bertz CT molecular complexity index is 413. The topological polar surface area (TPSA) is 32.3 Å². The Hall–Kier alpha value is -0.0900. The second-order valence-electron chi connectivity index (χ2n) is 4.97. The SMILES string of the molecule is CCC1CCNC(C(O)c2cc(Br)ccc2Cl)C1. The zero-order valence-corrected chi connectivity index (χ0v) is 12.8. The number of hydrogen-bond acceptors (Lipinski definition) is 2. The molecule has 2 N–H and O–H groups in total. The van der Waals surface area contributed by atoms with Crippen LogP contribution in [0.4, 0.5) is 0 Å². The zero-order chi connectivity index (χ0) is 13.1. The standard InChI is InChI=1S/C14H19BrClNO/c1-2-9-5-6-17-13(7-9)14(18)11-8-10(15)3-4-12(11)16/h3-4,8-9,13-14,17-18H,2,5-7H2,1H3. The van der Waals surface area contributed by atoms with Crippen LogP contribution in [0, 0.1) is 5.92 Å². The van der Waals surface area contributed by atoms with Crippen LogP contribution in [0.25, 0.3) is 0 Å². The quantitative estimate of drug-likeness (QED) is 0.879. The molecule has 1 aliphatic heterocycles. The van der Waals surface area contributed by atoms with Gasteiger partial charge in [-0.05, 0) is 43.5 Å². The fraction of sp³-hybridized carbons (Fsp3) is 0.571. The van der Waals surface area contributed by atoms with Crippen LogP contribution >= 0.6 is 27.5 Å². The van der Waals surface area contributed by atoms with E-state index in [1.165, 1.54) is 12.8 Å². The number of aliphatic hydroxyl groups excluding tert-OH is 1. The summed E-state index contributed by atoms with van der Waals surface area (Å²) in [5, 5.41) is 14.5. The molecular formula is C14H19BrClNO. The normalized spacial score (nSPS) is 26.0. The molecule has 1 fully saturated rings. The maximum Gasteiger partial charge on any atom is 0.0957 e. The molecule has 2 nitrogen and oxygen atoms in total. The van der Waals surface area contributed by atoms with Gasteiger partial charge >= 0.3 is 0 Å². The van der Waals surface area contributed by atoms with E-state index in [0.29, 0.717) is 10.9 Å². The van der Waals surface area contributed by atoms with Crippen molar-refractivity contribution in [3.63, 3.8) is 0 Å². The molecule has 1 aromatic rings. The Balaban J connectivity index is 2.14. The Morgan fingerprint density at radius 1 is 1.56 bits per heavy atom. The first-order chi connectivity index (χ1) is 8.61. The molecule has 3 unspecified atom stereocenters. The molecule has 1 saturated heterocycles. The summed E-state index contributed by atoms with van der Waals surface area (Å²) in [6, 6.07) is 5.73. The lowest BCUT2D eigenvalue weighted by atomic mass is 9.86. The molecular weight excluding hydrogens is 314 g/mol. The summed E-state index contributed by atoms with van der Waals surface area (Å²) in [6.07, 6.45) is 2.85. The van der Waals surface area contributed by atoms with Crippen molar-refractivity contribution in [1.29, 1.82) is 0 Å². The van der Waals surface area contributed by atoms with E-state index in [2.05, 4.69) is 28.2 Å². The highest BCUT2D eigenvalue weighted by molar-refractivity contribution is 9.10. The summed E-state index contributed by atoms with van der Waals surface area (Å²) in [5.74, 6) is 0.705. The number of halogens is 2. The van der Waals surface area contributed by atoms with Gasteiger partial charge in [0, 0.05) is 21.1 Å². The van der Waals surface area contributed by atoms with E-state index in [4.69, 9.17) is 11.6 Å². The molecule has 1 aromatic carbocycles. The van der Waals surface area contributed by atoms with Gasteiger partial charge in [-0.2, -0.15) is 0 Å². The Morgan fingerprint density at radius 2 is 2.33 bits per heavy atom. The molecule has 0 amide bonds. The van der Waals surface area contributed by atoms with E-state index >= 15 is 0 Å². The monoisotopic (exact) mass is 331 g/mol. The van der Waals surface area contributed by atoms with Gasteiger partial charge in [-0.3, -0.25) is 0 Å². The van der Waals surface area contributed by atoms with Gasteiger partial charge in [0.05, 0.1) is 6.10 Å². The Morgan fingerprint density at radius 3 is 3.06 bits per heavy atom. The molecule has 0 aromatic heterocycles. The number of piperidine rings is 1. The summed E-state index contributed by atoms with van der Waals surface area (Å²) in [7, 11) is 0. The lowest BCUT2D eigenvalue weighted by molar-refractivity contribution is 0.0979. The Kier molecular flexibility index (Phi) is 5.07. The molecule has 0 aliphatic carbocycles. The second kappa shape index (κ2) is 6.38. The summed E-state index contributed by atoms with van der Waals surface area (Å²) in [5.41, 5.74) is 0.806. The maximum atomic E-state index is 10.5. The third-order valence-electron chi connectivity index (χ3n) is 3.78. The van der Waals surface area contributed by atoms with E-state index in [1.807, 2.05) is 18.2 Å². The minimum Gasteiger partial charge on any atom is -0.387 e. The number of nitrogens with one attached hydrogen (secondary N) is 1. The van der Waals surface area contributed by atoms with Crippen molar-refractivity contribution in [1.82, 2.24) is 5.32 Å². The van der Waals surface area contributed by atoms with Crippen molar-refractivity contribution in [3.8, 4) is 0 Å². The largest absolute Gasteiger partial charge is 0.387 e. The average Bonchev–Trinajstić information content (AvgIpc) is 2.41. The van der Waals surface area contributed by atoms with Gasteiger partial charge in [-0.25, -0.2) is 0 Å². The predicted molar refractivity (Wildman–Crippen MR) is 78.9 cm³/mol. The fourth-order valence-corrected chi connectivity index (χ4v) is 3.21. The van der Waals surface area contributed by atoms with E-state index in [-0.39, 0.29) is 6.04 Å². The van der Waals surface area contributed by atoms with E-state index < -0.39 is 6.10 Å². The van der Waals surface area contributed by atoms with Crippen LogP contribution in [0.2, 0.25) is 5.02 Å². The van der Waals surface area contributed by atoms with Gasteiger partial charge < -0.3 is 10.4 Å². The number of hydrogen-bond donors (Lipinski definition) is 2. The molecule has 0 bridgehead atoms. The van der Waals surface area contributed by atoms with Crippen LogP contribution in [0.15, 0.2) is 22.7 Å². The van der Waals surface area contributed by atoms with E-state index in [9.17, 15) is 5.11 Å². The average molecular weight is 333 g/mol. The van der Waals surface area contributed by atoms with Gasteiger partial charge in [-0.1, -0.05) is 40.9 Å². The number of aliphatic hydroxyl groups is 1. The third kappa shape index (κ3) is 3.27. The molecule has 100 valence electrons. The summed E-state index contributed by atoms with van der Waals surface area (Å²) >= 11 is 9.60. The summed E-state index contributed by atoms with van der Waals surface area (Å²) in [4.78, 5) is 0. The van der Waals surface area contributed by atoms with Crippen molar-refractivity contribution < 1.29 is 5.11 Å². The number of benzene rings is 1. The highest BCUT2D eigenvalue weighted by atomic mass is 79.9. The van der Waals surface area contributed by atoms with Gasteiger partial charge in [0.2, 0.25) is 0 Å². The second-order valence-corrected chi connectivity index (χ2v) is 6.29. The van der Waals surface area contributed by atoms with Gasteiger partial charge in [0.1, 0.15) is 0 Å². The minimum atomic E-state index is -0.538. The van der Waals surface area contributed by atoms with E-state index in [0.717, 1.165) is 23.0 Å². The summed E-state index contributed by atoms with van der Waals surface area (Å²) in [6.45, 7) is 3.19. The van der Waals surface area contributed by atoms with Crippen molar-refractivity contribution in [3.05, 3.63) is 33.3 Å². The van der Waals surface area contributed by atoms with Crippen LogP contribution in [0.3, 0.4) is 0 Å². The van der Waals surface area contributed by atoms with Crippen LogP contribution in [-0.2, 0) is 0 Å². The smallest absolute Gasteiger partial charge is 0.0957 e. The molecule has 3 atom stereocenters. The molecule has 0 spiro atoms. The number of rotatable bonds is 3. The van der Waals surface area contributed by atoms with Crippen molar-refractivity contribution in [2.24, 2.45) is 5.92 Å². The lowest BCUT2D eigenvalue weighted by Crippen LogP contribution is -2.42. The van der Waals surface area contributed by atoms with Crippen molar-refractivity contribution in [2.45, 2.75) is 38.3 Å². The lowest BCUT2D eigenvalue weighted by Gasteiger charge is -2.33. The molecule has 1 aliphatic rings. The first-order valence-corrected chi connectivity index (χ1v) is 7.65. The first-order valence-electron chi connectivity index (χ1n) is 6.48. The first kappa shape index (κ1) is 14.3. The fourth-order valence-electron chi connectivity index (χ4n) is 2.60. The highest BCUT2D eigenvalue weighted by Gasteiger charge is 2.28. The van der Waals surface area contributed by atoms with Crippen molar-refractivity contribution >= 4 is 27.5 Å².